The molecule has 0 saturated carbocycles. The van der Waals surface area contributed by atoms with Gasteiger partial charge in [-0.25, -0.2) is 12.8 Å². The van der Waals surface area contributed by atoms with Crippen molar-refractivity contribution in [1.29, 1.82) is 0 Å². The van der Waals surface area contributed by atoms with E-state index in [4.69, 9.17) is 0 Å². The maximum atomic E-state index is 13.8. The summed E-state index contributed by atoms with van der Waals surface area (Å²) in [5.74, 6) is -2.35. The molecule has 11 heteroatoms. The van der Waals surface area contributed by atoms with Gasteiger partial charge in [0.05, 0.1) is 4.90 Å². The van der Waals surface area contributed by atoms with Crippen molar-refractivity contribution in [3.63, 3.8) is 0 Å². The fourth-order valence-electron chi connectivity index (χ4n) is 4.56. The molecule has 0 atom stereocenters. The third-order valence-electron chi connectivity index (χ3n) is 6.26. The first-order valence-electron chi connectivity index (χ1n) is 10.3. The number of fused-ring (bicyclic) bond motifs is 4. The Morgan fingerprint density at radius 1 is 0.970 bits per heavy atom. The number of nitrogens with one attached hydrogen (secondary N) is 1. The monoisotopic (exact) mass is 481 g/mol. The van der Waals surface area contributed by atoms with Crippen molar-refractivity contribution >= 4 is 26.8 Å². The molecule has 3 heterocycles. The number of aromatic amines is 1. The zero-order chi connectivity index (χ0) is 23.5. The van der Waals surface area contributed by atoms with E-state index in [0.717, 1.165) is 11.2 Å². The predicted molar refractivity (Wildman–Crippen MR) is 111 cm³/mol. The van der Waals surface area contributed by atoms with E-state index in [9.17, 15) is 30.8 Å². The second-order valence-corrected chi connectivity index (χ2v) is 10.2. The summed E-state index contributed by atoms with van der Waals surface area (Å²) < 4.78 is 80.3. The van der Waals surface area contributed by atoms with Crippen molar-refractivity contribution in [3.8, 4) is 0 Å². The van der Waals surface area contributed by atoms with Crippen molar-refractivity contribution in [2.45, 2.75) is 37.0 Å². The van der Waals surface area contributed by atoms with Gasteiger partial charge < -0.3 is 9.88 Å². The lowest BCUT2D eigenvalue weighted by atomic mass is 10.00. The van der Waals surface area contributed by atoms with Crippen LogP contribution >= 0.6 is 0 Å². The molecular formula is C22H19F4N3O3S. The third kappa shape index (κ3) is 3.78. The first-order chi connectivity index (χ1) is 15.5. The van der Waals surface area contributed by atoms with E-state index in [0.29, 0.717) is 33.4 Å². The van der Waals surface area contributed by atoms with Gasteiger partial charge in [0, 0.05) is 49.2 Å². The van der Waals surface area contributed by atoms with Crippen LogP contribution < -0.4 is 0 Å². The highest BCUT2D eigenvalue weighted by Gasteiger charge is 2.43. The molecule has 0 radical (unpaired) electrons. The van der Waals surface area contributed by atoms with Gasteiger partial charge in [0.1, 0.15) is 5.82 Å². The van der Waals surface area contributed by atoms with E-state index in [1.807, 2.05) is 0 Å². The molecule has 0 aliphatic carbocycles. The minimum Gasteiger partial charge on any atom is -0.358 e. The molecule has 174 valence electrons. The zero-order valence-electron chi connectivity index (χ0n) is 17.2. The Morgan fingerprint density at radius 3 is 2.52 bits per heavy atom. The second kappa shape index (κ2) is 7.56. The molecule has 1 amide bonds. The van der Waals surface area contributed by atoms with Crippen LogP contribution in [-0.4, -0.2) is 47.8 Å². The summed E-state index contributed by atoms with van der Waals surface area (Å²) in [5.41, 5.74) is 3.39. The van der Waals surface area contributed by atoms with Crippen LogP contribution in [0.1, 0.15) is 22.4 Å². The lowest BCUT2D eigenvalue weighted by Crippen LogP contribution is -2.43. The van der Waals surface area contributed by atoms with Crippen molar-refractivity contribution < 1.29 is 30.8 Å². The van der Waals surface area contributed by atoms with Gasteiger partial charge in [0.2, 0.25) is 10.0 Å². The molecule has 2 aliphatic heterocycles. The lowest BCUT2D eigenvalue weighted by molar-refractivity contribution is -0.186. The standard InChI is InChI=1S/C22H19F4N3O3S/c23-15-2-4-19-17(10-15)18-12-29(8-6-20(18)27-19)33(31,32)16-3-1-13-5-7-28(11-14(13)9-16)21(30)22(24,25)26/h1-4,9-10,27H,5-8,11-12H2. The number of rotatable bonds is 2. The Morgan fingerprint density at radius 2 is 1.76 bits per heavy atom. The van der Waals surface area contributed by atoms with Crippen molar-refractivity contribution in [3.05, 3.63) is 64.6 Å². The lowest BCUT2D eigenvalue weighted by Gasteiger charge is -2.30. The Hall–Kier alpha value is -2.92. The summed E-state index contributed by atoms with van der Waals surface area (Å²) in [6.45, 7) is -0.121. The fraction of sp³-hybridized carbons (Fsp3) is 0.318. The number of aromatic nitrogens is 1. The molecule has 2 aliphatic rings. The molecule has 1 aromatic heterocycles. The highest BCUT2D eigenvalue weighted by molar-refractivity contribution is 7.89. The summed E-state index contributed by atoms with van der Waals surface area (Å²) in [6, 6.07) is 8.70. The van der Waals surface area contributed by atoms with Crippen LogP contribution in [0.15, 0.2) is 41.3 Å². The van der Waals surface area contributed by atoms with Crippen LogP contribution in [0.25, 0.3) is 10.9 Å². The third-order valence-corrected chi connectivity index (χ3v) is 8.10. The number of H-pyrrole nitrogens is 1. The molecule has 2 aromatic carbocycles. The number of carbonyl (C=O) groups excluding carboxylic acids is 1. The van der Waals surface area contributed by atoms with Gasteiger partial charge in [-0.3, -0.25) is 4.79 Å². The van der Waals surface area contributed by atoms with E-state index in [-0.39, 0.29) is 37.5 Å². The number of halogens is 4. The Kier molecular flexibility index (Phi) is 5.02. The zero-order valence-corrected chi connectivity index (χ0v) is 18.1. The molecule has 0 saturated heterocycles. The SMILES string of the molecule is O=C(N1CCc2ccc(S(=O)(=O)N3CCc4[nH]c5ccc(F)cc5c4C3)cc2C1)C(F)(F)F. The van der Waals surface area contributed by atoms with Crippen LogP contribution in [0.5, 0.6) is 0 Å². The summed E-state index contributed by atoms with van der Waals surface area (Å²) in [7, 11) is -3.96. The van der Waals surface area contributed by atoms with Crippen LogP contribution in [0.2, 0.25) is 0 Å². The number of hydrogen-bond acceptors (Lipinski definition) is 3. The van der Waals surface area contributed by atoms with E-state index < -0.39 is 27.9 Å². The number of carbonyl (C=O) groups is 1. The Bertz CT molecular complexity index is 1380. The molecule has 0 fully saturated rings. The average molecular weight is 481 g/mol. The van der Waals surface area contributed by atoms with Gasteiger partial charge in [0.25, 0.3) is 0 Å². The van der Waals surface area contributed by atoms with E-state index in [1.54, 1.807) is 12.1 Å². The molecule has 5 rings (SSSR count). The fourth-order valence-corrected chi connectivity index (χ4v) is 6.02. The summed E-state index contributed by atoms with van der Waals surface area (Å²) >= 11 is 0. The Balaban J connectivity index is 1.44. The van der Waals surface area contributed by atoms with Gasteiger partial charge in [-0.15, -0.1) is 0 Å². The van der Waals surface area contributed by atoms with Gasteiger partial charge in [-0.05, 0) is 53.4 Å². The first kappa shape index (κ1) is 21.9. The highest BCUT2D eigenvalue weighted by atomic mass is 32.2. The first-order valence-corrected chi connectivity index (χ1v) is 11.7. The summed E-state index contributed by atoms with van der Waals surface area (Å²) in [5, 5.41) is 0.622. The molecule has 33 heavy (non-hydrogen) atoms. The smallest absolute Gasteiger partial charge is 0.358 e. The molecule has 0 spiro atoms. The molecule has 0 unspecified atom stereocenters. The van der Waals surface area contributed by atoms with Crippen LogP contribution in [-0.2, 0) is 40.7 Å². The maximum Gasteiger partial charge on any atom is 0.471 e. The maximum absolute atomic E-state index is 13.8. The summed E-state index contributed by atoms with van der Waals surface area (Å²) in [6.07, 6.45) is -4.35. The van der Waals surface area contributed by atoms with Crippen LogP contribution in [0.3, 0.4) is 0 Å². The van der Waals surface area contributed by atoms with Gasteiger partial charge in [-0.1, -0.05) is 6.07 Å². The normalized spacial score (nSPS) is 17.2. The highest BCUT2D eigenvalue weighted by Crippen LogP contribution is 2.32. The Labute approximate surface area is 186 Å². The topological polar surface area (TPSA) is 73.5 Å². The minimum absolute atomic E-state index is 0.0444. The molecule has 6 nitrogen and oxygen atoms in total. The number of hydrogen-bond donors (Lipinski definition) is 1. The number of benzene rings is 2. The molecule has 1 N–H and O–H groups in total. The van der Waals surface area contributed by atoms with Gasteiger partial charge in [0.15, 0.2) is 0 Å². The van der Waals surface area contributed by atoms with Crippen molar-refractivity contribution in [2.24, 2.45) is 0 Å². The number of nitrogens with zero attached hydrogens (tertiary/aromatic N) is 2. The predicted octanol–water partition coefficient (Wildman–Crippen LogP) is 3.50. The molecular weight excluding hydrogens is 462 g/mol. The van der Waals surface area contributed by atoms with Crippen LogP contribution in [0, 0.1) is 5.82 Å². The van der Waals surface area contributed by atoms with E-state index in [1.165, 1.54) is 28.6 Å². The molecule has 0 bridgehead atoms. The number of sulfonamides is 1. The molecule has 3 aromatic rings. The van der Waals surface area contributed by atoms with Gasteiger partial charge >= 0.3 is 12.1 Å². The minimum atomic E-state index is -4.98. The largest absolute Gasteiger partial charge is 0.471 e. The van der Waals surface area contributed by atoms with Crippen molar-refractivity contribution in [2.75, 3.05) is 13.1 Å². The van der Waals surface area contributed by atoms with Gasteiger partial charge in [-0.2, -0.15) is 17.5 Å². The van der Waals surface area contributed by atoms with E-state index >= 15 is 0 Å². The quantitative estimate of drug-likeness (QED) is 0.570. The second-order valence-electron chi connectivity index (χ2n) is 8.27. The van der Waals surface area contributed by atoms with Crippen LogP contribution in [0.4, 0.5) is 17.6 Å². The number of alkyl halides is 3. The summed E-state index contributed by atoms with van der Waals surface area (Å²) in [4.78, 5) is 15.5. The van der Waals surface area contributed by atoms with E-state index in [2.05, 4.69) is 4.98 Å². The average Bonchev–Trinajstić information content (AvgIpc) is 3.14. The van der Waals surface area contributed by atoms with Crippen molar-refractivity contribution in [1.82, 2.24) is 14.2 Å². The number of amides is 1.